The fourth-order valence-electron chi connectivity index (χ4n) is 2.59. The zero-order valence-corrected chi connectivity index (χ0v) is 11.2. The highest BCUT2D eigenvalue weighted by molar-refractivity contribution is 5.57. The van der Waals surface area contributed by atoms with Crippen LogP contribution in [0.3, 0.4) is 0 Å². The van der Waals surface area contributed by atoms with Crippen LogP contribution >= 0.6 is 0 Å². The monoisotopic (exact) mass is 269 g/mol. The minimum absolute atomic E-state index is 0.0395. The van der Waals surface area contributed by atoms with Gasteiger partial charge in [0.25, 0.3) is 0 Å². The van der Waals surface area contributed by atoms with E-state index >= 15 is 0 Å². The van der Waals surface area contributed by atoms with Crippen molar-refractivity contribution in [2.45, 2.75) is 19.3 Å². The molecule has 0 fully saturated rings. The van der Waals surface area contributed by atoms with Crippen molar-refractivity contribution in [2.24, 2.45) is 0 Å². The molecule has 20 heavy (non-hydrogen) atoms. The predicted octanol–water partition coefficient (Wildman–Crippen LogP) is 3.05. The first-order valence-electron chi connectivity index (χ1n) is 6.58. The highest BCUT2D eigenvalue weighted by Gasteiger charge is 2.26. The Labute approximate surface area is 116 Å². The van der Waals surface area contributed by atoms with Gasteiger partial charge in [0, 0.05) is 24.7 Å². The Bertz CT molecular complexity index is 670. The van der Waals surface area contributed by atoms with Crippen LogP contribution in [-0.2, 0) is 6.42 Å². The fourth-order valence-corrected chi connectivity index (χ4v) is 2.59. The van der Waals surface area contributed by atoms with Gasteiger partial charge >= 0.3 is 5.69 Å². The third kappa shape index (κ3) is 2.22. The molecule has 1 aliphatic carbocycles. The Kier molecular flexibility index (Phi) is 3.10. The lowest BCUT2D eigenvalue weighted by Gasteiger charge is -2.30. The summed E-state index contributed by atoms with van der Waals surface area (Å²) in [6.45, 7) is 2.47. The minimum atomic E-state index is -0.392. The Hall–Kier alpha value is -2.43. The number of nitrogens with one attached hydrogen (secondary N) is 1. The first kappa shape index (κ1) is 12.6. The molecule has 1 heterocycles. The molecule has 102 valence electrons. The molecule has 2 aromatic rings. The van der Waals surface area contributed by atoms with Gasteiger partial charge in [-0.25, -0.2) is 4.98 Å². The second-order valence-corrected chi connectivity index (χ2v) is 5.12. The number of nitro groups is 1. The molecule has 5 nitrogen and oxygen atoms in total. The number of aromatic nitrogens is 1. The Morgan fingerprint density at radius 2 is 2.25 bits per heavy atom. The van der Waals surface area contributed by atoms with Gasteiger partial charge in [-0.2, -0.15) is 0 Å². The second kappa shape index (κ2) is 4.92. The molecule has 3 rings (SSSR count). The Morgan fingerprint density at radius 3 is 3.00 bits per heavy atom. The van der Waals surface area contributed by atoms with E-state index in [-0.39, 0.29) is 5.69 Å². The highest BCUT2D eigenvalue weighted by Crippen LogP contribution is 2.35. The third-order valence-corrected chi connectivity index (χ3v) is 3.68. The van der Waals surface area contributed by atoms with Crippen LogP contribution in [0.5, 0.6) is 0 Å². The molecule has 0 radical (unpaired) electrons. The SMILES string of the molecule is Cc1cnc(NCC2Cc3ccccc32)c([N+](=O)[O-])c1. The molecule has 0 saturated heterocycles. The van der Waals surface area contributed by atoms with E-state index in [2.05, 4.69) is 22.4 Å². The van der Waals surface area contributed by atoms with Crippen molar-refractivity contribution in [2.75, 3.05) is 11.9 Å². The van der Waals surface area contributed by atoms with Crippen LogP contribution in [0.4, 0.5) is 11.5 Å². The first-order valence-corrected chi connectivity index (χ1v) is 6.58. The topological polar surface area (TPSA) is 68.1 Å². The molecule has 0 amide bonds. The zero-order chi connectivity index (χ0) is 14.1. The number of rotatable bonds is 4. The molecule has 0 spiro atoms. The number of anilines is 1. The molecule has 1 atom stereocenters. The number of pyridine rings is 1. The molecule has 1 N–H and O–H groups in total. The molecule has 5 heteroatoms. The first-order chi connectivity index (χ1) is 9.65. The van der Waals surface area contributed by atoms with Gasteiger partial charge in [-0.3, -0.25) is 10.1 Å². The Morgan fingerprint density at radius 1 is 1.45 bits per heavy atom. The van der Waals surface area contributed by atoms with Gasteiger partial charge in [0.1, 0.15) is 0 Å². The number of hydrogen-bond donors (Lipinski definition) is 1. The summed E-state index contributed by atoms with van der Waals surface area (Å²) in [7, 11) is 0. The van der Waals surface area contributed by atoms with Crippen molar-refractivity contribution in [3.63, 3.8) is 0 Å². The summed E-state index contributed by atoms with van der Waals surface area (Å²) in [5.74, 6) is 0.763. The van der Waals surface area contributed by atoms with Crippen molar-refractivity contribution in [1.29, 1.82) is 0 Å². The number of nitrogens with zero attached hydrogens (tertiary/aromatic N) is 2. The molecule has 0 saturated carbocycles. The average Bonchev–Trinajstić information content (AvgIpc) is 2.41. The van der Waals surface area contributed by atoms with Crippen molar-refractivity contribution < 1.29 is 4.92 Å². The standard InChI is InChI=1S/C15H15N3O2/c1-10-6-14(18(19)20)15(16-8-10)17-9-12-7-11-4-2-3-5-13(11)12/h2-6,8,12H,7,9H2,1H3,(H,16,17). The normalized spacial score (nSPS) is 16.1. The van der Waals surface area contributed by atoms with Crippen LogP contribution in [0, 0.1) is 17.0 Å². The predicted molar refractivity (Wildman–Crippen MR) is 77.0 cm³/mol. The van der Waals surface area contributed by atoms with Crippen LogP contribution in [-0.4, -0.2) is 16.5 Å². The van der Waals surface area contributed by atoms with Crippen LogP contribution in [0.15, 0.2) is 36.5 Å². The lowest BCUT2D eigenvalue weighted by atomic mass is 9.77. The van der Waals surface area contributed by atoms with E-state index in [9.17, 15) is 10.1 Å². The maximum Gasteiger partial charge on any atom is 0.311 e. The molecular weight excluding hydrogens is 254 g/mol. The summed E-state index contributed by atoms with van der Waals surface area (Å²) < 4.78 is 0. The summed E-state index contributed by atoms with van der Waals surface area (Å²) in [5, 5.41) is 14.1. The molecule has 1 aliphatic rings. The van der Waals surface area contributed by atoms with Crippen molar-refractivity contribution >= 4 is 11.5 Å². The second-order valence-electron chi connectivity index (χ2n) is 5.12. The molecule has 0 bridgehead atoms. The van der Waals surface area contributed by atoms with Crippen LogP contribution in [0.25, 0.3) is 0 Å². The highest BCUT2D eigenvalue weighted by atomic mass is 16.6. The molecule has 1 aromatic carbocycles. The van der Waals surface area contributed by atoms with E-state index in [0.29, 0.717) is 18.3 Å². The number of aryl methyl sites for hydroxylation is 1. The van der Waals surface area contributed by atoms with Crippen molar-refractivity contribution in [3.05, 3.63) is 63.3 Å². The van der Waals surface area contributed by atoms with E-state index in [4.69, 9.17) is 0 Å². The van der Waals surface area contributed by atoms with Gasteiger partial charge in [-0.15, -0.1) is 0 Å². The van der Waals surface area contributed by atoms with Gasteiger partial charge in [0.15, 0.2) is 0 Å². The summed E-state index contributed by atoms with van der Waals surface area (Å²) in [4.78, 5) is 14.8. The van der Waals surface area contributed by atoms with Gasteiger partial charge in [-0.05, 0) is 30.0 Å². The smallest absolute Gasteiger partial charge is 0.311 e. The molecule has 0 aliphatic heterocycles. The lowest BCUT2D eigenvalue weighted by molar-refractivity contribution is -0.384. The van der Waals surface area contributed by atoms with E-state index in [0.717, 1.165) is 12.0 Å². The molecule has 1 aromatic heterocycles. The average molecular weight is 269 g/mol. The van der Waals surface area contributed by atoms with E-state index in [1.807, 2.05) is 12.1 Å². The van der Waals surface area contributed by atoms with Crippen LogP contribution in [0.1, 0.15) is 22.6 Å². The largest absolute Gasteiger partial charge is 0.364 e. The van der Waals surface area contributed by atoms with Crippen molar-refractivity contribution in [1.82, 2.24) is 4.98 Å². The maximum atomic E-state index is 11.0. The van der Waals surface area contributed by atoms with E-state index in [1.165, 1.54) is 11.1 Å². The third-order valence-electron chi connectivity index (χ3n) is 3.68. The van der Waals surface area contributed by atoms with E-state index < -0.39 is 4.92 Å². The van der Waals surface area contributed by atoms with Crippen LogP contribution < -0.4 is 5.32 Å². The van der Waals surface area contributed by atoms with Crippen molar-refractivity contribution in [3.8, 4) is 0 Å². The van der Waals surface area contributed by atoms with Gasteiger partial charge in [0.2, 0.25) is 5.82 Å². The lowest BCUT2D eigenvalue weighted by Crippen LogP contribution is -2.24. The summed E-state index contributed by atoms with van der Waals surface area (Å²) in [6, 6.07) is 9.84. The van der Waals surface area contributed by atoms with Gasteiger partial charge in [0.05, 0.1) is 4.92 Å². The maximum absolute atomic E-state index is 11.0. The fraction of sp³-hybridized carbons (Fsp3) is 0.267. The number of benzene rings is 1. The summed E-state index contributed by atoms with van der Waals surface area (Å²) >= 11 is 0. The van der Waals surface area contributed by atoms with Gasteiger partial charge < -0.3 is 5.32 Å². The van der Waals surface area contributed by atoms with Gasteiger partial charge in [-0.1, -0.05) is 24.3 Å². The zero-order valence-electron chi connectivity index (χ0n) is 11.2. The summed E-state index contributed by atoms with van der Waals surface area (Å²) in [6.07, 6.45) is 2.66. The summed E-state index contributed by atoms with van der Waals surface area (Å²) in [5.41, 5.74) is 3.52. The number of fused-ring (bicyclic) bond motifs is 1. The number of hydrogen-bond acceptors (Lipinski definition) is 4. The molecule has 1 unspecified atom stereocenters. The van der Waals surface area contributed by atoms with E-state index in [1.54, 1.807) is 19.2 Å². The quantitative estimate of drug-likeness (QED) is 0.684. The minimum Gasteiger partial charge on any atom is -0.364 e. The molecular formula is C15H15N3O2. The Balaban J connectivity index is 1.73. The van der Waals surface area contributed by atoms with Crippen LogP contribution in [0.2, 0.25) is 0 Å².